The number of nitrogens with zero attached hydrogens (tertiary/aromatic N) is 1. The van der Waals surface area contributed by atoms with Crippen LogP contribution in [0.1, 0.15) is 35.9 Å². The van der Waals surface area contributed by atoms with Gasteiger partial charge in [-0.1, -0.05) is 11.6 Å². The summed E-state index contributed by atoms with van der Waals surface area (Å²) < 4.78 is 5.30. The average molecular weight is 347 g/mol. The first-order chi connectivity index (χ1) is 11.5. The summed E-state index contributed by atoms with van der Waals surface area (Å²) in [6.07, 6.45) is 3.51. The Hall–Kier alpha value is -2.27. The second-order valence-electron chi connectivity index (χ2n) is 5.97. The van der Waals surface area contributed by atoms with Crippen LogP contribution in [0.2, 0.25) is 5.02 Å². The fraction of sp³-hybridized carbons (Fsp3) is 0.333. The van der Waals surface area contributed by atoms with E-state index in [1.165, 1.54) is 0 Å². The number of anilines is 1. The van der Waals surface area contributed by atoms with E-state index in [1.807, 2.05) is 19.1 Å². The minimum atomic E-state index is -0.222. The SMILES string of the molecule is C[C@@H](Cc1ccco1)NC(=O)c1ccc(Cl)cc1N1CCCC1=O. The van der Waals surface area contributed by atoms with Crippen molar-refractivity contribution in [2.75, 3.05) is 11.4 Å². The fourth-order valence-corrected chi connectivity index (χ4v) is 3.07. The van der Waals surface area contributed by atoms with Gasteiger partial charge in [0.2, 0.25) is 5.91 Å². The fourth-order valence-electron chi connectivity index (χ4n) is 2.91. The van der Waals surface area contributed by atoms with Crippen LogP contribution in [0.4, 0.5) is 5.69 Å². The van der Waals surface area contributed by atoms with Crippen LogP contribution in [0.5, 0.6) is 0 Å². The second-order valence-corrected chi connectivity index (χ2v) is 6.40. The van der Waals surface area contributed by atoms with Gasteiger partial charge in [-0.3, -0.25) is 9.59 Å². The molecule has 2 amide bonds. The Bertz CT molecular complexity index is 743. The van der Waals surface area contributed by atoms with Crippen molar-refractivity contribution in [2.45, 2.75) is 32.2 Å². The van der Waals surface area contributed by atoms with Gasteiger partial charge in [-0.2, -0.15) is 0 Å². The first-order valence-corrected chi connectivity index (χ1v) is 8.35. The molecule has 5 nitrogen and oxygen atoms in total. The lowest BCUT2D eigenvalue weighted by molar-refractivity contribution is -0.117. The highest BCUT2D eigenvalue weighted by atomic mass is 35.5. The average Bonchev–Trinajstić information content (AvgIpc) is 3.18. The lowest BCUT2D eigenvalue weighted by atomic mass is 10.1. The van der Waals surface area contributed by atoms with Gasteiger partial charge in [-0.15, -0.1) is 0 Å². The summed E-state index contributed by atoms with van der Waals surface area (Å²) in [7, 11) is 0. The first kappa shape index (κ1) is 16.6. The third kappa shape index (κ3) is 3.62. The molecule has 0 radical (unpaired) electrons. The van der Waals surface area contributed by atoms with E-state index < -0.39 is 0 Å². The topological polar surface area (TPSA) is 62.6 Å². The Morgan fingerprint density at radius 1 is 1.42 bits per heavy atom. The molecular weight excluding hydrogens is 328 g/mol. The van der Waals surface area contributed by atoms with Crippen molar-refractivity contribution in [2.24, 2.45) is 0 Å². The molecule has 6 heteroatoms. The molecule has 0 spiro atoms. The molecule has 1 N–H and O–H groups in total. The summed E-state index contributed by atoms with van der Waals surface area (Å²) in [6.45, 7) is 2.53. The van der Waals surface area contributed by atoms with E-state index in [4.69, 9.17) is 16.0 Å². The van der Waals surface area contributed by atoms with Gasteiger partial charge in [0.25, 0.3) is 5.91 Å². The molecule has 2 heterocycles. The molecule has 2 aromatic rings. The van der Waals surface area contributed by atoms with Gasteiger partial charge in [0, 0.05) is 30.5 Å². The summed E-state index contributed by atoms with van der Waals surface area (Å²) in [4.78, 5) is 26.3. The third-order valence-electron chi connectivity index (χ3n) is 4.03. The Morgan fingerprint density at radius 2 is 2.25 bits per heavy atom. The molecule has 0 bridgehead atoms. The number of carbonyl (C=O) groups is 2. The minimum absolute atomic E-state index is 0.0231. The number of hydrogen-bond donors (Lipinski definition) is 1. The van der Waals surface area contributed by atoms with Crippen LogP contribution in [0.25, 0.3) is 0 Å². The molecule has 0 unspecified atom stereocenters. The smallest absolute Gasteiger partial charge is 0.253 e. The second kappa shape index (κ2) is 7.09. The highest BCUT2D eigenvalue weighted by Crippen LogP contribution is 2.28. The number of rotatable bonds is 5. The Morgan fingerprint density at radius 3 is 2.92 bits per heavy atom. The summed E-state index contributed by atoms with van der Waals surface area (Å²) in [6, 6.07) is 8.60. The van der Waals surface area contributed by atoms with Crippen molar-refractivity contribution < 1.29 is 14.0 Å². The summed E-state index contributed by atoms with van der Waals surface area (Å²) in [5, 5.41) is 3.46. The van der Waals surface area contributed by atoms with E-state index in [0.29, 0.717) is 35.7 Å². The summed E-state index contributed by atoms with van der Waals surface area (Å²) >= 11 is 6.07. The molecule has 1 atom stereocenters. The zero-order chi connectivity index (χ0) is 17.1. The van der Waals surface area contributed by atoms with Gasteiger partial charge in [-0.25, -0.2) is 0 Å². The number of halogens is 1. The molecule has 0 aliphatic carbocycles. The minimum Gasteiger partial charge on any atom is -0.469 e. The van der Waals surface area contributed by atoms with Crippen molar-refractivity contribution in [3.63, 3.8) is 0 Å². The maximum Gasteiger partial charge on any atom is 0.253 e. The Labute approximate surface area is 145 Å². The van der Waals surface area contributed by atoms with Crippen LogP contribution in [0, 0.1) is 0 Å². The molecule has 0 saturated carbocycles. The van der Waals surface area contributed by atoms with Crippen LogP contribution in [-0.4, -0.2) is 24.4 Å². The van der Waals surface area contributed by atoms with Gasteiger partial charge >= 0.3 is 0 Å². The van der Waals surface area contributed by atoms with Gasteiger partial charge in [0.1, 0.15) is 5.76 Å². The van der Waals surface area contributed by atoms with Crippen molar-refractivity contribution in [1.29, 1.82) is 0 Å². The van der Waals surface area contributed by atoms with Gasteiger partial charge in [0.15, 0.2) is 0 Å². The quantitative estimate of drug-likeness (QED) is 0.902. The van der Waals surface area contributed by atoms with E-state index in [0.717, 1.165) is 12.2 Å². The van der Waals surface area contributed by atoms with E-state index in [9.17, 15) is 9.59 Å². The first-order valence-electron chi connectivity index (χ1n) is 7.98. The molecule has 24 heavy (non-hydrogen) atoms. The normalized spacial score (nSPS) is 15.6. The van der Waals surface area contributed by atoms with E-state index in [1.54, 1.807) is 29.4 Å². The molecule has 1 aliphatic rings. The highest BCUT2D eigenvalue weighted by Gasteiger charge is 2.26. The zero-order valence-electron chi connectivity index (χ0n) is 13.4. The van der Waals surface area contributed by atoms with Crippen LogP contribution < -0.4 is 10.2 Å². The summed E-state index contributed by atoms with van der Waals surface area (Å²) in [5.74, 6) is 0.615. The zero-order valence-corrected chi connectivity index (χ0v) is 14.2. The summed E-state index contributed by atoms with van der Waals surface area (Å²) in [5.41, 5.74) is 1.04. The predicted molar refractivity (Wildman–Crippen MR) is 92.4 cm³/mol. The van der Waals surface area contributed by atoms with Crippen molar-refractivity contribution in [3.8, 4) is 0 Å². The Kier molecular flexibility index (Phi) is 4.90. The lowest BCUT2D eigenvalue weighted by Crippen LogP contribution is -2.35. The van der Waals surface area contributed by atoms with E-state index in [2.05, 4.69) is 5.32 Å². The molecule has 1 aromatic carbocycles. The van der Waals surface area contributed by atoms with Gasteiger partial charge in [0.05, 0.1) is 17.5 Å². The van der Waals surface area contributed by atoms with E-state index >= 15 is 0 Å². The van der Waals surface area contributed by atoms with Crippen LogP contribution >= 0.6 is 11.6 Å². The molecule has 3 rings (SSSR count). The van der Waals surface area contributed by atoms with Crippen LogP contribution in [-0.2, 0) is 11.2 Å². The number of hydrogen-bond acceptors (Lipinski definition) is 3. The molecule has 1 aliphatic heterocycles. The monoisotopic (exact) mass is 346 g/mol. The maximum absolute atomic E-state index is 12.7. The molecule has 126 valence electrons. The predicted octanol–water partition coefficient (Wildman–Crippen LogP) is 3.42. The van der Waals surface area contributed by atoms with Crippen molar-refractivity contribution in [1.82, 2.24) is 5.32 Å². The number of furan rings is 1. The third-order valence-corrected chi connectivity index (χ3v) is 4.27. The number of carbonyl (C=O) groups excluding carboxylic acids is 2. The van der Waals surface area contributed by atoms with Crippen molar-refractivity contribution >= 4 is 29.1 Å². The van der Waals surface area contributed by atoms with Crippen LogP contribution in [0.15, 0.2) is 41.0 Å². The van der Waals surface area contributed by atoms with Crippen LogP contribution in [0.3, 0.4) is 0 Å². The lowest BCUT2D eigenvalue weighted by Gasteiger charge is -2.21. The molecule has 1 aromatic heterocycles. The largest absolute Gasteiger partial charge is 0.469 e. The number of nitrogens with one attached hydrogen (secondary N) is 1. The molecular formula is C18H19ClN2O3. The van der Waals surface area contributed by atoms with Gasteiger partial charge in [-0.05, 0) is 43.7 Å². The maximum atomic E-state index is 12.7. The number of amides is 2. The molecule has 1 fully saturated rings. The number of benzene rings is 1. The van der Waals surface area contributed by atoms with E-state index in [-0.39, 0.29) is 17.9 Å². The van der Waals surface area contributed by atoms with Gasteiger partial charge < -0.3 is 14.6 Å². The Balaban J connectivity index is 1.78. The molecule has 1 saturated heterocycles. The van der Waals surface area contributed by atoms with Crippen molar-refractivity contribution in [3.05, 3.63) is 52.9 Å². The standard InChI is InChI=1S/C18H19ClN2O3/c1-12(10-14-4-3-9-24-14)20-18(23)15-7-6-13(19)11-16(15)21-8-2-5-17(21)22/h3-4,6-7,9,11-12H,2,5,8,10H2,1H3,(H,20,23)/t12-/m0/s1. The highest BCUT2D eigenvalue weighted by molar-refractivity contribution is 6.31.